The summed E-state index contributed by atoms with van der Waals surface area (Å²) in [5, 5.41) is 10.8. The van der Waals surface area contributed by atoms with Crippen LogP contribution in [0.15, 0.2) is 36.0 Å². The predicted octanol–water partition coefficient (Wildman–Crippen LogP) is 3.53. The topological polar surface area (TPSA) is 110 Å². The van der Waals surface area contributed by atoms with Gasteiger partial charge in [-0.05, 0) is 44.1 Å². The number of carbonyl (C=O) groups is 4. The van der Waals surface area contributed by atoms with E-state index in [4.69, 9.17) is 9.47 Å². The summed E-state index contributed by atoms with van der Waals surface area (Å²) in [5.74, 6) is -1.87. The molecule has 0 aliphatic carbocycles. The molecule has 0 bridgehead atoms. The van der Waals surface area contributed by atoms with Crippen molar-refractivity contribution < 1.29 is 33.8 Å². The third kappa shape index (κ3) is 8.52. The molecule has 8 heteroatoms. The van der Waals surface area contributed by atoms with E-state index in [1.807, 2.05) is 25.2 Å². The molecule has 36 heavy (non-hydrogen) atoms. The lowest BCUT2D eigenvalue weighted by atomic mass is 9.86. The lowest BCUT2D eigenvalue weighted by Gasteiger charge is -2.28. The molecule has 0 aromatic carbocycles. The van der Waals surface area contributed by atoms with Gasteiger partial charge in [-0.25, -0.2) is 4.79 Å². The number of piperidine rings is 1. The van der Waals surface area contributed by atoms with Gasteiger partial charge < -0.3 is 14.6 Å². The van der Waals surface area contributed by atoms with Crippen LogP contribution in [0.2, 0.25) is 0 Å². The summed E-state index contributed by atoms with van der Waals surface area (Å²) in [7, 11) is 3.05. The van der Waals surface area contributed by atoms with Crippen LogP contribution >= 0.6 is 0 Å². The minimum absolute atomic E-state index is 0.0478. The van der Waals surface area contributed by atoms with Gasteiger partial charge in [0.15, 0.2) is 0 Å². The van der Waals surface area contributed by atoms with Crippen molar-refractivity contribution in [2.24, 2.45) is 17.8 Å². The molecule has 8 nitrogen and oxygen atoms in total. The number of hydrogen-bond donors (Lipinski definition) is 1. The van der Waals surface area contributed by atoms with E-state index in [1.165, 1.54) is 13.1 Å². The smallest absolute Gasteiger partial charge is 0.331 e. The molecule has 1 fully saturated rings. The van der Waals surface area contributed by atoms with Gasteiger partial charge >= 0.3 is 5.97 Å². The summed E-state index contributed by atoms with van der Waals surface area (Å²) in [6.07, 6.45) is 10.0. The maximum atomic E-state index is 13.1. The number of Topliss-reactive ketones (excluding diaryl/α,β-unsaturated/α-hetero) is 1. The van der Waals surface area contributed by atoms with Crippen LogP contribution in [0.25, 0.3) is 0 Å². The van der Waals surface area contributed by atoms with Gasteiger partial charge in [-0.2, -0.15) is 0 Å². The van der Waals surface area contributed by atoms with Gasteiger partial charge in [-0.3, -0.25) is 19.3 Å². The Hall–Kier alpha value is -2.58. The van der Waals surface area contributed by atoms with Gasteiger partial charge in [0.25, 0.3) is 0 Å². The van der Waals surface area contributed by atoms with Gasteiger partial charge in [-0.15, -0.1) is 0 Å². The Balaban J connectivity index is 2.11. The molecular formula is C28H41NO7. The average Bonchev–Trinajstić information content (AvgIpc) is 2.83. The molecule has 2 rings (SSSR count). The first kappa shape index (κ1) is 29.6. The van der Waals surface area contributed by atoms with Crippen LogP contribution in [0.3, 0.4) is 0 Å². The molecule has 0 aromatic rings. The van der Waals surface area contributed by atoms with Crippen molar-refractivity contribution >= 4 is 23.6 Å². The number of esters is 1. The largest absolute Gasteiger partial charge is 0.454 e. The lowest BCUT2D eigenvalue weighted by Crippen LogP contribution is -2.40. The SMILES string of the molecule is CO[C@H]1C=CCCC=CC(=O)O[C@H]([C@H](C)C(=O)CCCC2CC(=O)N(C)C(=O)C2)C(C)=C[C@@H](C)[C@@H]1O. The number of hydrogen-bond acceptors (Lipinski definition) is 7. The Bertz CT molecular complexity index is 872. The number of cyclic esters (lactones) is 1. The molecule has 0 aromatic heterocycles. The number of methoxy groups -OCH3 is 1. The van der Waals surface area contributed by atoms with Crippen molar-refractivity contribution in [2.45, 2.75) is 84.0 Å². The van der Waals surface area contributed by atoms with Crippen molar-refractivity contribution in [3.63, 3.8) is 0 Å². The molecule has 2 aliphatic rings. The highest BCUT2D eigenvalue weighted by Gasteiger charge is 2.32. The number of aliphatic hydroxyl groups is 1. The second-order valence-electron chi connectivity index (χ2n) is 9.99. The number of imide groups is 1. The minimum Gasteiger partial charge on any atom is -0.454 e. The van der Waals surface area contributed by atoms with Crippen LogP contribution in [0.5, 0.6) is 0 Å². The summed E-state index contributed by atoms with van der Waals surface area (Å²) < 4.78 is 11.2. The second kappa shape index (κ2) is 14.2. The molecule has 1 N–H and O–H groups in total. The zero-order valence-electron chi connectivity index (χ0n) is 22.1. The highest BCUT2D eigenvalue weighted by molar-refractivity contribution is 5.97. The molecule has 5 atom stereocenters. The van der Waals surface area contributed by atoms with E-state index in [0.717, 1.165) is 4.90 Å². The monoisotopic (exact) mass is 503 g/mol. The van der Waals surface area contributed by atoms with E-state index in [-0.39, 0.29) is 35.9 Å². The molecule has 0 radical (unpaired) electrons. The summed E-state index contributed by atoms with van der Waals surface area (Å²) in [4.78, 5) is 50.6. The van der Waals surface area contributed by atoms with Crippen molar-refractivity contribution in [2.75, 3.05) is 14.2 Å². The van der Waals surface area contributed by atoms with E-state index >= 15 is 0 Å². The van der Waals surface area contributed by atoms with Gasteiger partial charge in [0.05, 0.1) is 12.0 Å². The first-order valence-corrected chi connectivity index (χ1v) is 12.8. The van der Waals surface area contributed by atoms with Crippen molar-refractivity contribution in [3.05, 3.63) is 36.0 Å². The van der Waals surface area contributed by atoms with E-state index in [9.17, 15) is 24.3 Å². The number of rotatable bonds is 7. The Labute approximate surface area is 214 Å². The maximum absolute atomic E-state index is 13.1. The third-order valence-electron chi connectivity index (χ3n) is 7.12. The van der Waals surface area contributed by atoms with E-state index in [0.29, 0.717) is 44.1 Å². The van der Waals surface area contributed by atoms with Crippen LogP contribution in [0.4, 0.5) is 0 Å². The quantitative estimate of drug-likeness (QED) is 0.321. The number of aliphatic hydroxyl groups excluding tert-OH is 1. The molecule has 1 saturated heterocycles. The normalized spacial score (nSPS) is 27.9. The number of likely N-dealkylation sites (tertiary alicyclic amines) is 1. The zero-order valence-corrected chi connectivity index (χ0v) is 22.1. The third-order valence-corrected chi connectivity index (χ3v) is 7.12. The molecule has 200 valence electrons. The summed E-state index contributed by atoms with van der Waals surface area (Å²) >= 11 is 0. The Morgan fingerprint density at radius 3 is 2.47 bits per heavy atom. The Kier molecular flexibility index (Phi) is 11.7. The van der Waals surface area contributed by atoms with Gasteiger partial charge in [-0.1, -0.05) is 38.2 Å². The maximum Gasteiger partial charge on any atom is 0.331 e. The lowest BCUT2D eigenvalue weighted by molar-refractivity contribution is -0.148. The van der Waals surface area contributed by atoms with Crippen LogP contribution in [-0.4, -0.2) is 66.0 Å². The highest BCUT2D eigenvalue weighted by Crippen LogP contribution is 2.27. The van der Waals surface area contributed by atoms with Crippen molar-refractivity contribution in [1.29, 1.82) is 0 Å². The minimum atomic E-state index is -0.804. The van der Waals surface area contributed by atoms with E-state index < -0.39 is 30.2 Å². The van der Waals surface area contributed by atoms with E-state index in [2.05, 4.69) is 0 Å². The van der Waals surface area contributed by atoms with Gasteiger partial charge in [0.1, 0.15) is 18.0 Å². The van der Waals surface area contributed by atoms with Crippen LogP contribution in [0.1, 0.15) is 65.7 Å². The number of nitrogens with zero attached hydrogens (tertiary/aromatic N) is 1. The van der Waals surface area contributed by atoms with Crippen LogP contribution < -0.4 is 0 Å². The first-order valence-electron chi connectivity index (χ1n) is 12.8. The molecule has 0 saturated carbocycles. The van der Waals surface area contributed by atoms with Gasteiger partial charge in [0.2, 0.25) is 11.8 Å². The summed E-state index contributed by atoms with van der Waals surface area (Å²) in [5.41, 5.74) is 0.687. The highest BCUT2D eigenvalue weighted by atomic mass is 16.5. The fraction of sp³-hybridized carbons (Fsp3) is 0.643. The molecule has 0 spiro atoms. The predicted molar refractivity (Wildman–Crippen MR) is 136 cm³/mol. The molecule has 2 aliphatic heterocycles. The average molecular weight is 504 g/mol. The van der Waals surface area contributed by atoms with Gasteiger partial charge in [0, 0.05) is 45.4 Å². The van der Waals surface area contributed by atoms with Crippen molar-refractivity contribution in [3.8, 4) is 0 Å². The Morgan fingerprint density at radius 2 is 1.83 bits per heavy atom. The fourth-order valence-corrected chi connectivity index (χ4v) is 4.74. The molecule has 2 heterocycles. The number of allylic oxidation sites excluding steroid dienone is 2. The van der Waals surface area contributed by atoms with Crippen LogP contribution in [0, 0.1) is 17.8 Å². The van der Waals surface area contributed by atoms with Crippen LogP contribution in [-0.2, 0) is 28.7 Å². The number of ketones is 1. The number of ether oxygens (including phenoxy) is 2. The molecule has 0 unspecified atom stereocenters. The zero-order chi connectivity index (χ0) is 26.8. The summed E-state index contributed by atoms with van der Waals surface area (Å²) in [6.45, 7) is 5.40. The first-order chi connectivity index (χ1) is 17.0. The van der Waals surface area contributed by atoms with Crippen molar-refractivity contribution in [1.82, 2.24) is 4.90 Å². The number of carbonyl (C=O) groups excluding carboxylic acids is 4. The Morgan fingerprint density at radius 1 is 1.19 bits per heavy atom. The van der Waals surface area contributed by atoms with E-state index in [1.54, 1.807) is 27.0 Å². The standard InChI is InChI=1S/C28H41NO7/c1-18-15-19(2)28(36-26(33)14-9-7-6-8-13-23(35-5)27(18)34)20(3)22(30)12-10-11-21-16-24(31)29(4)25(32)17-21/h8-9,13-15,18,20-21,23,27-28,34H,6-7,10-12,16-17H2,1-5H3/t18-,20-,23+,27+,28+/m1/s1. The fourth-order valence-electron chi connectivity index (χ4n) is 4.74. The number of amides is 2. The summed E-state index contributed by atoms with van der Waals surface area (Å²) in [6, 6.07) is 0. The second-order valence-corrected chi connectivity index (χ2v) is 9.99. The molecule has 2 amide bonds. The molecular weight excluding hydrogens is 462 g/mol.